The minimum atomic E-state index is -0.338. The van der Waals surface area contributed by atoms with Crippen LogP contribution in [-0.4, -0.2) is 27.2 Å². The van der Waals surface area contributed by atoms with E-state index in [9.17, 15) is 9.59 Å². The van der Waals surface area contributed by atoms with Crippen molar-refractivity contribution in [3.8, 4) is 0 Å². The number of benzene rings is 1. The second kappa shape index (κ2) is 7.00. The third kappa shape index (κ3) is 3.31. The molecule has 6 heteroatoms. The van der Waals surface area contributed by atoms with E-state index in [2.05, 4.69) is 15.6 Å². The summed E-state index contributed by atoms with van der Waals surface area (Å²) < 4.78 is 1.64. The highest BCUT2D eigenvalue weighted by atomic mass is 16.2. The molecule has 0 saturated heterocycles. The molecule has 134 valence electrons. The molecule has 26 heavy (non-hydrogen) atoms. The number of fused-ring (bicyclic) bond motifs is 1. The number of anilines is 1. The van der Waals surface area contributed by atoms with Crippen LogP contribution >= 0.6 is 0 Å². The van der Waals surface area contributed by atoms with Crippen LogP contribution in [0, 0.1) is 13.8 Å². The molecule has 0 atom stereocenters. The smallest absolute Gasteiger partial charge is 0.287 e. The number of pyridine rings is 1. The molecular weight excluding hydrogens is 328 g/mol. The van der Waals surface area contributed by atoms with E-state index in [4.69, 9.17) is 0 Å². The second-order valence-electron chi connectivity index (χ2n) is 6.59. The van der Waals surface area contributed by atoms with Crippen molar-refractivity contribution in [2.75, 3.05) is 5.32 Å². The highest BCUT2D eigenvalue weighted by Crippen LogP contribution is 2.21. The summed E-state index contributed by atoms with van der Waals surface area (Å²) in [6.07, 6.45) is 1.73. The molecule has 2 amide bonds. The first-order valence-electron chi connectivity index (χ1n) is 8.54. The molecule has 2 N–H and O–H groups in total. The quantitative estimate of drug-likeness (QED) is 0.758. The number of nitrogens with one attached hydrogen (secondary N) is 2. The molecule has 1 aromatic carbocycles. The number of aryl methyl sites for hydroxylation is 2. The van der Waals surface area contributed by atoms with Crippen LogP contribution in [0.15, 0.2) is 42.6 Å². The van der Waals surface area contributed by atoms with Crippen molar-refractivity contribution in [2.45, 2.75) is 33.7 Å². The van der Waals surface area contributed by atoms with E-state index >= 15 is 0 Å². The van der Waals surface area contributed by atoms with E-state index in [0.29, 0.717) is 5.52 Å². The van der Waals surface area contributed by atoms with Crippen LogP contribution in [0.25, 0.3) is 5.52 Å². The number of para-hydroxylation sites is 1. The minimum Gasteiger partial charge on any atom is -0.347 e. The summed E-state index contributed by atoms with van der Waals surface area (Å²) in [4.78, 5) is 29.7. The number of hydrogen-bond acceptors (Lipinski definition) is 3. The van der Waals surface area contributed by atoms with Gasteiger partial charge in [-0.05, 0) is 51.0 Å². The van der Waals surface area contributed by atoms with Crippen molar-refractivity contribution in [2.24, 2.45) is 0 Å². The molecule has 3 aromatic rings. The molecule has 0 bridgehead atoms. The maximum Gasteiger partial charge on any atom is 0.287 e. The summed E-state index contributed by atoms with van der Waals surface area (Å²) >= 11 is 0. The number of nitrogens with zero attached hydrogens (tertiary/aromatic N) is 2. The van der Waals surface area contributed by atoms with Gasteiger partial charge in [0.05, 0.1) is 5.52 Å². The van der Waals surface area contributed by atoms with Gasteiger partial charge >= 0.3 is 0 Å². The highest BCUT2D eigenvalue weighted by molar-refractivity contribution is 6.09. The molecule has 2 heterocycles. The lowest BCUT2D eigenvalue weighted by molar-refractivity contribution is 0.0932. The van der Waals surface area contributed by atoms with Crippen LogP contribution in [0.5, 0.6) is 0 Å². The molecule has 0 spiro atoms. The zero-order chi connectivity index (χ0) is 18.8. The maximum atomic E-state index is 12.9. The number of aromatic nitrogens is 2. The Morgan fingerprint density at radius 1 is 1.00 bits per heavy atom. The van der Waals surface area contributed by atoms with Gasteiger partial charge in [0.2, 0.25) is 5.82 Å². The molecule has 0 fully saturated rings. The SMILES string of the molecule is Cc1cccc(C)c1NC(=O)c1nc(C(=O)NC(C)C)n2ccccc12. The van der Waals surface area contributed by atoms with E-state index in [1.54, 1.807) is 22.7 Å². The molecule has 3 rings (SSSR count). The van der Waals surface area contributed by atoms with E-state index in [1.165, 1.54) is 0 Å². The summed E-state index contributed by atoms with van der Waals surface area (Å²) in [7, 11) is 0. The molecule has 0 aliphatic carbocycles. The Morgan fingerprint density at radius 3 is 2.35 bits per heavy atom. The van der Waals surface area contributed by atoms with Crippen molar-refractivity contribution in [3.05, 3.63) is 65.2 Å². The monoisotopic (exact) mass is 350 g/mol. The first kappa shape index (κ1) is 17.7. The summed E-state index contributed by atoms with van der Waals surface area (Å²) in [6, 6.07) is 11.2. The molecule has 2 aromatic heterocycles. The lowest BCUT2D eigenvalue weighted by Gasteiger charge is -2.10. The zero-order valence-electron chi connectivity index (χ0n) is 15.3. The predicted molar refractivity (Wildman–Crippen MR) is 102 cm³/mol. The van der Waals surface area contributed by atoms with Crippen LogP contribution in [0.4, 0.5) is 5.69 Å². The van der Waals surface area contributed by atoms with Gasteiger partial charge in [-0.15, -0.1) is 0 Å². The van der Waals surface area contributed by atoms with Gasteiger partial charge in [0, 0.05) is 17.9 Å². The largest absolute Gasteiger partial charge is 0.347 e. The van der Waals surface area contributed by atoms with Gasteiger partial charge in [-0.2, -0.15) is 0 Å². The first-order chi connectivity index (χ1) is 12.4. The Kier molecular flexibility index (Phi) is 4.75. The van der Waals surface area contributed by atoms with Gasteiger partial charge in [0.15, 0.2) is 5.69 Å². The maximum absolute atomic E-state index is 12.9. The summed E-state index contributed by atoms with van der Waals surface area (Å²) in [5, 5.41) is 5.75. The molecule has 0 saturated carbocycles. The standard InChI is InChI=1S/C20H22N4O2/c1-12(2)21-20(26)18-22-17(15-10-5-6-11-24(15)18)19(25)23-16-13(3)8-7-9-14(16)4/h5-12H,1-4H3,(H,21,26)(H,23,25). The van der Waals surface area contributed by atoms with Gasteiger partial charge in [-0.25, -0.2) is 4.98 Å². The lowest BCUT2D eigenvalue weighted by Crippen LogP contribution is -2.31. The van der Waals surface area contributed by atoms with Crippen molar-refractivity contribution in [1.82, 2.24) is 14.7 Å². The number of amides is 2. The van der Waals surface area contributed by atoms with E-state index in [0.717, 1.165) is 16.8 Å². The third-order valence-corrected chi connectivity index (χ3v) is 4.11. The Hall–Kier alpha value is -3.15. The van der Waals surface area contributed by atoms with Gasteiger partial charge < -0.3 is 10.6 Å². The Morgan fingerprint density at radius 2 is 1.69 bits per heavy atom. The number of hydrogen-bond donors (Lipinski definition) is 2. The van der Waals surface area contributed by atoms with Gasteiger partial charge in [-0.1, -0.05) is 24.3 Å². The average molecular weight is 350 g/mol. The lowest BCUT2D eigenvalue weighted by atomic mass is 10.1. The van der Waals surface area contributed by atoms with Crippen LogP contribution in [-0.2, 0) is 0 Å². The topological polar surface area (TPSA) is 75.5 Å². The fraction of sp³-hybridized carbons (Fsp3) is 0.250. The third-order valence-electron chi connectivity index (χ3n) is 4.11. The van der Waals surface area contributed by atoms with E-state index in [-0.39, 0.29) is 29.4 Å². The fourth-order valence-corrected chi connectivity index (χ4v) is 2.88. The van der Waals surface area contributed by atoms with E-state index in [1.807, 2.05) is 52.0 Å². The van der Waals surface area contributed by atoms with Crippen LogP contribution in [0.1, 0.15) is 46.1 Å². The molecular formula is C20H22N4O2. The Labute approximate surface area is 152 Å². The molecule has 0 aliphatic heterocycles. The molecule has 0 unspecified atom stereocenters. The summed E-state index contributed by atoms with van der Waals surface area (Å²) in [6.45, 7) is 7.63. The zero-order valence-corrected chi connectivity index (χ0v) is 15.3. The van der Waals surface area contributed by atoms with Crippen molar-refractivity contribution in [3.63, 3.8) is 0 Å². The fourth-order valence-electron chi connectivity index (χ4n) is 2.88. The van der Waals surface area contributed by atoms with Crippen LogP contribution in [0.3, 0.4) is 0 Å². The van der Waals surface area contributed by atoms with Crippen molar-refractivity contribution >= 4 is 23.0 Å². The average Bonchev–Trinajstić information content (AvgIpc) is 2.97. The van der Waals surface area contributed by atoms with Gasteiger partial charge in [-0.3, -0.25) is 14.0 Å². The molecule has 6 nitrogen and oxygen atoms in total. The Balaban J connectivity index is 2.02. The number of rotatable bonds is 4. The summed E-state index contributed by atoms with van der Waals surface area (Å²) in [5.41, 5.74) is 3.52. The van der Waals surface area contributed by atoms with Gasteiger partial charge in [0.1, 0.15) is 0 Å². The number of imidazole rings is 1. The molecule has 0 radical (unpaired) electrons. The molecule has 0 aliphatic rings. The Bertz CT molecular complexity index is 968. The van der Waals surface area contributed by atoms with Crippen molar-refractivity contribution in [1.29, 1.82) is 0 Å². The normalized spacial score (nSPS) is 11.0. The van der Waals surface area contributed by atoms with Gasteiger partial charge in [0.25, 0.3) is 11.8 Å². The number of carbonyl (C=O) groups is 2. The number of carbonyl (C=O) groups excluding carboxylic acids is 2. The van der Waals surface area contributed by atoms with Crippen LogP contribution in [0.2, 0.25) is 0 Å². The predicted octanol–water partition coefficient (Wildman–Crippen LogP) is 3.34. The second-order valence-corrected chi connectivity index (χ2v) is 6.59. The van der Waals surface area contributed by atoms with Crippen molar-refractivity contribution < 1.29 is 9.59 Å². The van der Waals surface area contributed by atoms with Crippen LogP contribution < -0.4 is 10.6 Å². The first-order valence-corrected chi connectivity index (χ1v) is 8.54. The summed E-state index contributed by atoms with van der Waals surface area (Å²) in [5.74, 6) is -0.456. The van der Waals surface area contributed by atoms with E-state index < -0.39 is 0 Å². The highest BCUT2D eigenvalue weighted by Gasteiger charge is 2.22. The minimum absolute atomic E-state index is 0.0227.